The van der Waals surface area contributed by atoms with Crippen molar-refractivity contribution in [3.63, 3.8) is 0 Å². The predicted molar refractivity (Wildman–Crippen MR) is 45.2 cm³/mol. The van der Waals surface area contributed by atoms with Gasteiger partial charge in [-0.05, 0) is 24.5 Å². The first kappa shape index (κ1) is 9.28. The molecule has 0 aliphatic rings. The van der Waals surface area contributed by atoms with E-state index in [1.54, 1.807) is 31.3 Å². The summed E-state index contributed by atoms with van der Waals surface area (Å²) in [6.07, 6.45) is 1.94. The molecule has 0 aromatic rings. The van der Waals surface area contributed by atoms with E-state index in [-0.39, 0.29) is 0 Å². The molecular formula is C5H12NOPS. The van der Waals surface area contributed by atoms with Crippen LogP contribution in [0, 0.1) is 0 Å². The van der Waals surface area contributed by atoms with Crippen molar-refractivity contribution in [2.24, 2.45) is 0 Å². The third-order valence-corrected chi connectivity index (χ3v) is 3.14. The summed E-state index contributed by atoms with van der Waals surface area (Å²) in [6.45, 7) is 1.69. The van der Waals surface area contributed by atoms with Gasteiger partial charge in [-0.25, -0.2) is 0 Å². The second-order valence-corrected chi connectivity index (χ2v) is 5.20. The lowest BCUT2D eigenvalue weighted by Gasteiger charge is -2.02. The fourth-order valence-corrected chi connectivity index (χ4v) is 1.82. The Kier molecular flexibility index (Phi) is 4.28. The van der Waals surface area contributed by atoms with Gasteiger partial charge in [0.05, 0.1) is 0 Å². The number of nitrogens with one attached hydrogen (secondary N) is 1. The van der Waals surface area contributed by atoms with Gasteiger partial charge in [0, 0.05) is 6.66 Å². The largest absolute Gasteiger partial charge is 0.303 e. The Balaban J connectivity index is 3.86. The summed E-state index contributed by atoms with van der Waals surface area (Å²) in [4.78, 5) is 0. The van der Waals surface area contributed by atoms with Crippen LogP contribution in [-0.4, -0.2) is 20.0 Å². The van der Waals surface area contributed by atoms with Gasteiger partial charge in [0.15, 0.2) is 7.29 Å². The van der Waals surface area contributed by atoms with E-state index in [1.165, 1.54) is 0 Å². The van der Waals surface area contributed by atoms with Gasteiger partial charge in [0.25, 0.3) is 0 Å². The summed E-state index contributed by atoms with van der Waals surface area (Å²) in [7, 11) is -0.441. The van der Waals surface area contributed by atoms with Crippen LogP contribution in [0.1, 0.15) is 0 Å². The second-order valence-electron chi connectivity index (χ2n) is 1.73. The third-order valence-electron chi connectivity index (χ3n) is 0.925. The topological polar surface area (TPSA) is 29.1 Å². The molecule has 54 valence electrons. The lowest BCUT2D eigenvalue weighted by Crippen LogP contribution is -1.97. The van der Waals surface area contributed by atoms with E-state index in [4.69, 9.17) is 0 Å². The normalized spacial score (nSPS) is 18.1. The number of thioether (sulfide) groups is 1. The van der Waals surface area contributed by atoms with Crippen LogP contribution in [0.25, 0.3) is 0 Å². The molecule has 2 nitrogen and oxygen atoms in total. The molecule has 0 aliphatic carbocycles. The van der Waals surface area contributed by atoms with Crippen LogP contribution in [0.5, 0.6) is 0 Å². The van der Waals surface area contributed by atoms with Crippen molar-refractivity contribution in [1.29, 1.82) is 0 Å². The zero-order valence-electron chi connectivity index (χ0n) is 5.92. The van der Waals surface area contributed by atoms with Crippen LogP contribution in [0.15, 0.2) is 11.2 Å². The highest BCUT2D eigenvalue weighted by atomic mass is 32.2. The summed E-state index contributed by atoms with van der Waals surface area (Å²) < 4.78 is 11.1. The highest BCUT2D eigenvalue weighted by Crippen LogP contribution is 2.37. The van der Waals surface area contributed by atoms with Gasteiger partial charge in [0.1, 0.15) is 0 Å². The number of rotatable bonds is 3. The van der Waals surface area contributed by atoms with Crippen LogP contribution in [0.3, 0.4) is 0 Å². The molecule has 0 bridgehead atoms. The van der Waals surface area contributed by atoms with Gasteiger partial charge in [-0.3, -0.25) is 5.09 Å². The lowest BCUT2D eigenvalue weighted by molar-refractivity contribution is 0.579. The van der Waals surface area contributed by atoms with E-state index in [0.29, 0.717) is 0 Å². The lowest BCUT2D eigenvalue weighted by atomic mass is 11.2. The molecule has 0 heterocycles. The minimum atomic E-state index is -2.14. The van der Waals surface area contributed by atoms with Gasteiger partial charge >= 0.3 is 0 Å². The van der Waals surface area contributed by atoms with E-state index in [9.17, 15) is 4.57 Å². The summed E-state index contributed by atoms with van der Waals surface area (Å²) in [5.41, 5.74) is 0. The molecule has 1 unspecified atom stereocenters. The molecule has 0 aromatic carbocycles. The average Bonchev–Trinajstić information content (AvgIpc) is 1.84. The van der Waals surface area contributed by atoms with Crippen molar-refractivity contribution in [3.8, 4) is 0 Å². The van der Waals surface area contributed by atoms with Crippen LogP contribution < -0.4 is 5.09 Å². The first-order chi connectivity index (χ1) is 4.12. The van der Waals surface area contributed by atoms with E-state index in [2.05, 4.69) is 5.09 Å². The van der Waals surface area contributed by atoms with E-state index < -0.39 is 7.29 Å². The molecule has 0 amide bonds. The SMILES string of the molecule is CNP(C)(=O)C=CSC. The molecule has 0 fully saturated rings. The molecule has 0 rings (SSSR count). The Hall–Kier alpha value is 0.280. The molecular weight excluding hydrogens is 153 g/mol. The molecule has 0 saturated heterocycles. The van der Waals surface area contributed by atoms with E-state index >= 15 is 0 Å². The maximum Gasteiger partial charge on any atom is 0.166 e. The summed E-state index contributed by atoms with van der Waals surface area (Å²) in [6, 6.07) is 0. The van der Waals surface area contributed by atoms with E-state index in [0.717, 1.165) is 0 Å². The highest BCUT2D eigenvalue weighted by Gasteiger charge is 2.03. The minimum Gasteiger partial charge on any atom is -0.303 e. The van der Waals surface area contributed by atoms with Gasteiger partial charge in [-0.1, -0.05) is 0 Å². The molecule has 0 aromatic heterocycles. The molecule has 0 saturated carbocycles. The number of hydrogen-bond acceptors (Lipinski definition) is 2. The first-order valence-corrected chi connectivity index (χ1v) is 6.10. The minimum absolute atomic E-state index is 1.55. The zero-order chi connectivity index (χ0) is 7.33. The Labute approximate surface area is 60.5 Å². The highest BCUT2D eigenvalue weighted by molar-refractivity contribution is 8.01. The Morgan fingerprint density at radius 3 is 2.56 bits per heavy atom. The maximum absolute atomic E-state index is 11.1. The Bertz CT molecular complexity index is 146. The summed E-state index contributed by atoms with van der Waals surface area (Å²) >= 11 is 1.55. The van der Waals surface area contributed by atoms with Gasteiger partial charge in [-0.15, -0.1) is 11.8 Å². The van der Waals surface area contributed by atoms with Crippen molar-refractivity contribution >= 4 is 19.1 Å². The molecule has 4 heteroatoms. The van der Waals surface area contributed by atoms with Crippen LogP contribution in [-0.2, 0) is 4.57 Å². The standard InChI is InChI=1S/C5H12NOPS/c1-6-8(2,7)4-5-9-3/h4-5H,1-3H3,(H,6,7). The number of hydrogen-bond donors (Lipinski definition) is 1. The van der Waals surface area contributed by atoms with Gasteiger partial charge in [0.2, 0.25) is 0 Å². The summed E-state index contributed by atoms with van der Waals surface area (Å²) in [5, 5.41) is 4.56. The van der Waals surface area contributed by atoms with Crippen LogP contribution >= 0.6 is 19.1 Å². The van der Waals surface area contributed by atoms with E-state index in [1.807, 2.05) is 11.7 Å². The fraction of sp³-hybridized carbons (Fsp3) is 0.600. The molecule has 1 atom stereocenters. The monoisotopic (exact) mass is 165 g/mol. The zero-order valence-corrected chi connectivity index (χ0v) is 7.63. The predicted octanol–water partition coefficient (Wildman–Crippen LogP) is 1.95. The van der Waals surface area contributed by atoms with Crippen LogP contribution in [0.2, 0.25) is 0 Å². The van der Waals surface area contributed by atoms with Gasteiger partial charge in [-0.2, -0.15) is 0 Å². The Morgan fingerprint density at radius 1 is 1.67 bits per heavy atom. The average molecular weight is 165 g/mol. The molecule has 0 radical (unpaired) electrons. The molecule has 0 spiro atoms. The summed E-state index contributed by atoms with van der Waals surface area (Å²) in [5.74, 6) is 1.71. The van der Waals surface area contributed by atoms with Gasteiger partial charge < -0.3 is 4.57 Å². The quantitative estimate of drug-likeness (QED) is 0.648. The van der Waals surface area contributed by atoms with Crippen molar-refractivity contribution in [2.75, 3.05) is 20.0 Å². The first-order valence-electron chi connectivity index (χ1n) is 2.59. The van der Waals surface area contributed by atoms with Crippen molar-refractivity contribution in [2.45, 2.75) is 0 Å². The third kappa shape index (κ3) is 4.76. The molecule has 1 N–H and O–H groups in total. The van der Waals surface area contributed by atoms with Crippen LogP contribution in [0.4, 0.5) is 0 Å². The second kappa shape index (κ2) is 4.15. The van der Waals surface area contributed by atoms with Crippen molar-refractivity contribution in [3.05, 3.63) is 11.2 Å². The molecule has 9 heavy (non-hydrogen) atoms. The van der Waals surface area contributed by atoms with Crippen molar-refractivity contribution in [1.82, 2.24) is 5.09 Å². The molecule has 0 aliphatic heterocycles. The van der Waals surface area contributed by atoms with Crippen molar-refractivity contribution < 1.29 is 4.57 Å². The Morgan fingerprint density at radius 2 is 2.22 bits per heavy atom. The smallest absolute Gasteiger partial charge is 0.166 e. The fourth-order valence-electron chi connectivity index (χ4n) is 0.252. The maximum atomic E-state index is 11.1.